The average Bonchev–Trinajstić information content (AvgIpc) is 2.49. The number of aryl methyl sites for hydroxylation is 1. The van der Waals surface area contributed by atoms with Crippen LogP contribution in [0.25, 0.3) is 0 Å². The van der Waals surface area contributed by atoms with Crippen molar-refractivity contribution in [3.63, 3.8) is 0 Å². The van der Waals surface area contributed by atoms with Crippen molar-refractivity contribution < 1.29 is 4.21 Å². The van der Waals surface area contributed by atoms with E-state index < -0.39 is 10.8 Å². The number of nitrogens with one attached hydrogen (secondary N) is 1. The molecule has 1 aliphatic heterocycles. The standard InChI is InChI=1S/C8H13N3OS2/c1-6-9-10-8(13)11(6)7-2-4-14(12)5-3-7/h7H,2-5H2,1H3,(H,10,13). The predicted octanol–water partition coefficient (Wildman–Crippen LogP) is 1.33. The van der Waals surface area contributed by atoms with Gasteiger partial charge in [-0.15, -0.1) is 0 Å². The van der Waals surface area contributed by atoms with E-state index in [0.29, 0.717) is 10.8 Å². The Hall–Kier alpha value is -0.490. The molecule has 2 heterocycles. The molecule has 1 N–H and O–H groups in total. The highest BCUT2D eigenvalue weighted by Gasteiger charge is 2.21. The molecule has 0 bridgehead atoms. The summed E-state index contributed by atoms with van der Waals surface area (Å²) in [5.41, 5.74) is 0. The van der Waals surface area contributed by atoms with Crippen molar-refractivity contribution in [2.24, 2.45) is 0 Å². The molecule has 6 heteroatoms. The first-order valence-electron chi connectivity index (χ1n) is 4.67. The molecule has 0 aliphatic carbocycles. The van der Waals surface area contributed by atoms with Crippen LogP contribution in [0.5, 0.6) is 0 Å². The van der Waals surface area contributed by atoms with E-state index in [1.165, 1.54) is 0 Å². The Bertz CT molecular complexity index is 399. The first kappa shape index (κ1) is 10.0. The normalized spacial score (nSPS) is 27.8. The zero-order valence-corrected chi connectivity index (χ0v) is 9.66. The van der Waals surface area contributed by atoms with Gasteiger partial charge in [0, 0.05) is 28.3 Å². The van der Waals surface area contributed by atoms with Gasteiger partial charge < -0.3 is 4.57 Å². The lowest BCUT2D eigenvalue weighted by atomic mass is 10.1. The molecule has 4 nitrogen and oxygen atoms in total. The van der Waals surface area contributed by atoms with E-state index in [1.807, 2.05) is 11.5 Å². The monoisotopic (exact) mass is 231 g/mol. The van der Waals surface area contributed by atoms with E-state index in [0.717, 1.165) is 30.2 Å². The van der Waals surface area contributed by atoms with E-state index in [-0.39, 0.29) is 0 Å². The van der Waals surface area contributed by atoms with Gasteiger partial charge in [0.15, 0.2) is 4.77 Å². The van der Waals surface area contributed by atoms with Crippen molar-refractivity contribution in [1.82, 2.24) is 14.8 Å². The van der Waals surface area contributed by atoms with Gasteiger partial charge in [0.05, 0.1) is 0 Å². The molecule has 78 valence electrons. The fourth-order valence-electron chi connectivity index (χ4n) is 1.85. The van der Waals surface area contributed by atoms with Gasteiger partial charge in [-0.2, -0.15) is 5.10 Å². The second-order valence-electron chi connectivity index (χ2n) is 3.53. The van der Waals surface area contributed by atoms with Crippen molar-refractivity contribution in [1.29, 1.82) is 0 Å². The zero-order valence-electron chi connectivity index (χ0n) is 8.02. The zero-order chi connectivity index (χ0) is 10.1. The van der Waals surface area contributed by atoms with E-state index in [4.69, 9.17) is 12.2 Å². The van der Waals surface area contributed by atoms with Crippen molar-refractivity contribution in [3.8, 4) is 0 Å². The summed E-state index contributed by atoms with van der Waals surface area (Å²) >= 11 is 5.15. The maximum Gasteiger partial charge on any atom is 0.195 e. The SMILES string of the molecule is Cc1n[nH]c(=S)n1C1CCS(=O)CC1. The number of H-pyrrole nitrogens is 1. The van der Waals surface area contributed by atoms with Crippen LogP contribution in [0.3, 0.4) is 0 Å². The van der Waals surface area contributed by atoms with Crippen LogP contribution in [0.2, 0.25) is 0 Å². The fourth-order valence-corrected chi connectivity index (χ4v) is 3.45. The Morgan fingerprint density at radius 1 is 1.57 bits per heavy atom. The smallest absolute Gasteiger partial charge is 0.195 e. The molecule has 1 aromatic heterocycles. The van der Waals surface area contributed by atoms with Crippen LogP contribution in [0.1, 0.15) is 24.7 Å². The maximum atomic E-state index is 11.2. The summed E-state index contributed by atoms with van der Waals surface area (Å²) in [5, 5.41) is 6.87. The quantitative estimate of drug-likeness (QED) is 0.742. The highest BCUT2D eigenvalue weighted by atomic mass is 32.2. The highest BCUT2D eigenvalue weighted by Crippen LogP contribution is 2.23. The lowest BCUT2D eigenvalue weighted by molar-refractivity contribution is 0.448. The van der Waals surface area contributed by atoms with E-state index in [1.54, 1.807) is 0 Å². The van der Waals surface area contributed by atoms with Crippen molar-refractivity contribution in [2.75, 3.05) is 11.5 Å². The molecule has 14 heavy (non-hydrogen) atoms. The molecule has 1 saturated heterocycles. The number of aromatic nitrogens is 3. The first-order chi connectivity index (χ1) is 6.68. The number of hydrogen-bond acceptors (Lipinski definition) is 3. The minimum atomic E-state index is -0.614. The topological polar surface area (TPSA) is 50.7 Å². The van der Waals surface area contributed by atoms with Gasteiger partial charge in [0.25, 0.3) is 0 Å². The number of nitrogens with zero attached hydrogens (tertiary/aromatic N) is 2. The molecular weight excluding hydrogens is 218 g/mol. The van der Waals surface area contributed by atoms with Gasteiger partial charge in [-0.3, -0.25) is 9.31 Å². The Morgan fingerprint density at radius 3 is 2.71 bits per heavy atom. The summed E-state index contributed by atoms with van der Waals surface area (Å²) < 4.78 is 13.9. The van der Waals surface area contributed by atoms with Crippen LogP contribution >= 0.6 is 12.2 Å². The Balaban J connectivity index is 2.24. The van der Waals surface area contributed by atoms with Crippen LogP contribution in [-0.2, 0) is 10.8 Å². The lowest BCUT2D eigenvalue weighted by Crippen LogP contribution is -2.22. The number of rotatable bonds is 1. The van der Waals surface area contributed by atoms with Gasteiger partial charge in [0.2, 0.25) is 0 Å². The number of hydrogen-bond donors (Lipinski definition) is 1. The predicted molar refractivity (Wildman–Crippen MR) is 58.3 cm³/mol. The molecule has 0 atom stereocenters. The number of aromatic amines is 1. The third-order valence-electron chi connectivity index (χ3n) is 2.60. The van der Waals surface area contributed by atoms with Gasteiger partial charge in [-0.1, -0.05) is 0 Å². The Kier molecular flexibility index (Phi) is 2.83. The van der Waals surface area contributed by atoms with E-state index in [2.05, 4.69) is 10.2 Å². The van der Waals surface area contributed by atoms with Gasteiger partial charge >= 0.3 is 0 Å². The van der Waals surface area contributed by atoms with Crippen molar-refractivity contribution in [2.45, 2.75) is 25.8 Å². The molecule has 1 aliphatic rings. The molecule has 1 aromatic rings. The minimum Gasteiger partial charge on any atom is -0.301 e. The van der Waals surface area contributed by atoms with Crippen LogP contribution in [0.4, 0.5) is 0 Å². The molecule has 0 aromatic carbocycles. The molecule has 0 saturated carbocycles. The molecule has 2 rings (SSSR count). The summed E-state index contributed by atoms with van der Waals surface area (Å²) in [7, 11) is -0.614. The third kappa shape index (κ3) is 1.81. The molecule has 0 unspecified atom stereocenters. The van der Waals surface area contributed by atoms with E-state index in [9.17, 15) is 4.21 Å². The summed E-state index contributed by atoms with van der Waals surface area (Å²) in [4.78, 5) is 0. The second kappa shape index (κ2) is 3.94. The van der Waals surface area contributed by atoms with Crippen LogP contribution < -0.4 is 0 Å². The maximum absolute atomic E-state index is 11.2. The minimum absolute atomic E-state index is 0.388. The average molecular weight is 231 g/mol. The van der Waals surface area contributed by atoms with E-state index >= 15 is 0 Å². The second-order valence-corrected chi connectivity index (χ2v) is 5.61. The Morgan fingerprint density at radius 2 is 2.21 bits per heavy atom. The highest BCUT2D eigenvalue weighted by molar-refractivity contribution is 7.85. The largest absolute Gasteiger partial charge is 0.301 e. The van der Waals surface area contributed by atoms with Gasteiger partial charge in [-0.05, 0) is 32.0 Å². The van der Waals surface area contributed by atoms with Crippen molar-refractivity contribution >= 4 is 23.0 Å². The van der Waals surface area contributed by atoms with Crippen LogP contribution in [0.15, 0.2) is 0 Å². The Labute approximate surface area is 90.2 Å². The van der Waals surface area contributed by atoms with Crippen LogP contribution in [-0.4, -0.2) is 30.5 Å². The molecular formula is C8H13N3OS2. The van der Waals surface area contributed by atoms with Gasteiger partial charge in [-0.25, -0.2) is 0 Å². The van der Waals surface area contributed by atoms with Gasteiger partial charge in [0.1, 0.15) is 5.82 Å². The fraction of sp³-hybridized carbons (Fsp3) is 0.750. The van der Waals surface area contributed by atoms with Crippen molar-refractivity contribution in [3.05, 3.63) is 10.6 Å². The third-order valence-corrected chi connectivity index (χ3v) is 4.27. The molecule has 1 fully saturated rings. The summed E-state index contributed by atoms with van der Waals surface area (Å²) in [5.74, 6) is 2.50. The first-order valence-corrected chi connectivity index (χ1v) is 6.56. The van der Waals surface area contributed by atoms with Crippen LogP contribution in [0, 0.1) is 11.7 Å². The summed E-state index contributed by atoms with van der Waals surface area (Å²) in [6, 6.07) is 0.388. The summed E-state index contributed by atoms with van der Waals surface area (Å²) in [6.07, 6.45) is 1.89. The lowest BCUT2D eigenvalue weighted by Gasteiger charge is -2.23. The molecule has 0 amide bonds. The molecule has 0 radical (unpaired) electrons. The molecule has 0 spiro atoms. The summed E-state index contributed by atoms with van der Waals surface area (Å²) in [6.45, 7) is 1.94.